The Labute approximate surface area is 246 Å². The van der Waals surface area contributed by atoms with E-state index in [9.17, 15) is 26.8 Å². The molecule has 0 saturated heterocycles. The van der Waals surface area contributed by atoms with Crippen LogP contribution < -0.4 is 9.44 Å². The van der Waals surface area contributed by atoms with E-state index in [1.165, 1.54) is 37.4 Å². The number of esters is 1. The molecule has 0 spiro atoms. The Morgan fingerprint density at radius 1 is 0.756 bits per heavy atom. The number of halogens is 2. The SMILES string of the molecule is CC(C)(C)[S@](=O)N[C@](C)(CC(=O)O)c1cccc(F)c1.COC(=O)C[C@@](C)(N[S@@](=O)C(C)(C)C)c1cccc(F)c1. The van der Waals surface area contributed by atoms with Crippen LogP contribution in [-0.4, -0.2) is 42.1 Å². The zero-order valence-electron chi connectivity index (χ0n) is 25.1. The van der Waals surface area contributed by atoms with Crippen LogP contribution in [-0.2, 0) is 47.4 Å². The van der Waals surface area contributed by atoms with Gasteiger partial charge in [0.05, 0.1) is 62.5 Å². The van der Waals surface area contributed by atoms with Crippen molar-refractivity contribution in [2.24, 2.45) is 0 Å². The van der Waals surface area contributed by atoms with E-state index in [0.29, 0.717) is 11.1 Å². The molecule has 0 bridgehead atoms. The van der Waals surface area contributed by atoms with E-state index in [0.717, 1.165) is 0 Å². The van der Waals surface area contributed by atoms with Crippen molar-refractivity contribution >= 4 is 33.9 Å². The second-order valence-corrected chi connectivity index (χ2v) is 15.9. The second-order valence-electron chi connectivity index (χ2n) is 12.0. The summed E-state index contributed by atoms with van der Waals surface area (Å²) in [6.45, 7) is 14.1. The average Bonchev–Trinajstić information content (AvgIpc) is 2.82. The molecule has 0 aliphatic carbocycles. The second kappa shape index (κ2) is 14.6. The van der Waals surface area contributed by atoms with Gasteiger partial charge in [-0.3, -0.25) is 9.59 Å². The fraction of sp³-hybridized carbons (Fsp3) is 0.517. The fourth-order valence-corrected chi connectivity index (χ4v) is 5.25. The molecule has 12 heteroatoms. The van der Waals surface area contributed by atoms with Crippen molar-refractivity contribution in [3.63, 3.8) is 0 Å². The highest BCUT2D eigenvalue weighted by molar-refractivity contribution is 7.84. The lowest BCUT2D eigenvalue weighted by Gasteiger charge is -2.33. The first-order chi connectivity index (χ1) is 18.6. The van der Waals surface area contributed by atoms with Crippen LogP contribution in [0.2, 0.25) is 0 Å². The smallest absolute Gasteiger partial charge is 0.307 e. The molecule has 3 N–H and O–H groups in total. The molecule has 0 amide bonds. The summed E-state index contributed by atoms with van der Waals surface area (Å²) in [5, 5.41) is 9.06. The number of carbonyl (C=O) groups is 2. The van der Waals surface area contributed by atoms with Crippen LogP contribution in [0.25, 0.3) is 0 Å². The number of methoxy groups -OCH3 is 1. The molecule has 0 unspecified atom stereocenters. The summed E-state index contributed by atoms with van der Waals surface area (Å²) in [4.78, 5) is 22.7. The normalized spacial score (nSPS) is 16.3. The number of rotatable bonds is 10. The van der Waals surface area contributed by atoms with Gasteiger partial charge in [-0.05, 0) is 90.8 Å². The van der Waals surface area contributed by atoms with E-state index in [1.54, 1.807) is 52.8 Å². The van der Waals surface area contributed by atoms with Crippen LogP contribution in [0.5, 0.6) is 0 Å². The molecule has 4 atom stereocenters. The maximum absolute atomic E-state index is 13.5. The summed E-state index contributed by atoms with van der Waals surface area (Å²) in [6, 6.07) is 11.6. The van der Waals surface area contributed by atoms with Crippen LogP contribution in [0.3, 0.4) is 0 Å². The van der Waals surface area contributed by atoms with Gasteiger partial charge in [0, 0.05) is 0 Å². The molecule has 0 aliphatic rings. The van der Waals surface area contributed by atoms with Gasteiger partial charge in [0.15, 0.2) is 0 Å². The summed E-state index contributed by atoms with van der Waals surface area (Å²) in [6.07, 6.45) is -0.340. The van der Waals surface area contributed by atoms with Gasteiger partial charge in [-0.25, -0.2) is 26.6 Å². The molecule has 41 heavy (non-hydrogen) atoms. The Bertz CT molecular complexity index is 1260. The monoisotopic (exact) mass is 616 g/mol. The van der Waals surface area contributed by atoms with Crippen molar-refractivity contribution in [2.45, 2.75) is 88.8 Å². The van der Waals surface area contributed by atoms with Gasteiger partial charge in [-0.15, -0.1) is 0 Å². The van der Waals surface area contributed by atoms with E-state index in [1.807, 2.05) is 20.8 Å². The third kappa shape index (κ3) is 11.7. The highest BCUT2D eigenvalue weighted by Gasteiger charge is 2.36. The van der Waals surface area contributed by atoms with Gasteiger partial charge in [0.1, 0.15) is 11.6 Å². The molecule has 2 aromatic rings. The zero-order valence-corrected chi connectivity index (χ0v) is 26.7. The van der Waals surface area contributed by atoms with E-state index < -0.39 is 66.1 Å². The van der Waals surface area contributed by atoms with Crippen LogP contribution in [0.4, 0.5) is 8.78 Å². The molecule has 230 valence electrons. The third-order valence-electron chi connectivity index (χ3n) is 5.90. The highest BCUT2D eigenvalue weighted by Crippen LogP contribution is 2.29. The van der Waals surface area contributed by atoms with E-state index in [4.69, 9.17) is 9.84 Å². The number of hydrogen-bond acceptors (Lipinski definition) is 5. The first-order valence-electron chi connectivity index (χ1n) is 12.8. The van der Waals surface area contributed by atoms with Crippen LogP contribution in [0, 0.1) is 11.6 Å². The van der Waals surface area contributed by atoms with Gasteiger partial charge >= 0.3 is 11.9 Å². The maximum atomic E-state index is 13.5. The average molecular weight is 617 g/mol. The van der Waals surface area contributed by atoms with E-state index >= 15 is 0 Å². The lowest BCUT2D eigenvalue weighted by Crippen LogP contribution is -2.47. The summed E-state index contributed by atoms with van der Waals surface area (Å²) in [5.74, 6) is -2.37. The molecular formula is C29H42F2N2O6S2. The minimum atomic E-state index is -1.47. The topological polar surface area (TPSA) is 122 Å². The van der Waals surface area contributed by atoms with Gasteiger partial charge in [-0.2, -0.15) is 0 Å². The van der Waals surface area contributed by atoms with Crippen LogP contribution in [0.1, 0.15) is 79.4 Å². The molecule has 2 aromatic carbocycles. The van der Waals surface area contributed by atoms with Crippen molar-refractivity contribution in [1.29, 1.82) is 0 Å². The maximum Gasteiger partial charge on any atom is 0.307 e. The highest BCUT2D eigenvalue weighted by atomic mass is 32.2. The Hall–Kier alpha value is -2.54. The molecule has 0 fully saturated rings. The van der Waals surface area contributed by atoms with Crippen molar-refractivity contribution in [3.8, 4) is 0 Å². The standard InChI is InChI=1S/C15H22FNO3S.C14H20FNO3S/c1-14(2,3)21(19)17-15(4,10-13(18)20-5)11-7-6-8-12(16)9-11;1-13(2,3)20(19)16-14(4,9-12(17)18)10-6-5-7-11(15)8-10/h6-9,17H,10H2,1-5H3;5-8,16H,9H2,1-4H3,(H,17,18)/t15-,21+;14-,20+/m11/s1. The fourth-order valence-electron chi connectivity index (χ4n) is 3.44. The van der Waals surface area contributed by atoms with Crippen LogP contribution >= 0.6 is 0 Å². The summed E-state index contributed by atoms with van der Waals surface area (Å²) >= 11 is 0. The minimum Gasteiger partial charge on any atom is -0.481 e. The number of aliphatic carboxylic acids is 1. The largest absolute Gasteiger partial charge is 0.481 e. The quantitative estimate of drug-likeness (QED) is 0.315. The number of carbonyl (C=O) groups excluding carboxylic acids is 1. The predicted molar refractivity (Wildman–Crippen MR) is 158 cm³/mol. The van der Waals surface area contributed by atoms with Crippen molar-refractivity contribution in [1.82, 2.24) is 9.44 Å². The van der Waals surface area contributed by atoms with Crippen molar-refractivity contribution in [3.05, 3.63) is 71.3 Å². The van der Waals surface area contributed by atoms with Gasteiger partial charge in [0.2, 0.25) is 0 Å². The van der Waals surface area contributed by atoms with E-state index in [-0.39, 0.29) is 12.8 Å². The van der Waals surface area contributed by atoms with Crippen LogP contribution in [0.15, 0.2) is 48.5 Å². The van der Waals surface area contributed by atoms with Gasteiger partial charge < -0.3 is 9.84 Å². The Balaban J connectivity index is 0.000000410. The Morgan fingerprint density at radius 2 is 1.12 bits per heavy atom. The number of carboxylic acids is 1. The number of hydrogen-bond donors (Lipinski definition) is 3. The zero-order chi connectivity index (χ0) is 31.8. The Kier molecular flexibility index (Phi) is 13.0. The number of ether oxygens (including phenoxy) is 1. The summed E-state index contributed by atoms with van der Waals surface area (Å²) in [5.41, 5.74) is -1.08. The summed E-state index contributed by atoms with van der Waals surface area (Å²) < 4.78 is 60.8. The molecule has 0 aliphatic heterocycles. The molecule has 0 heterocycles. The van der Waals surface area contributed by atoms with Crippen molar-refractivity contribution in [2.75, 3.05) is 7.11 Å². The molecule has 0 aromatic heterocycles. The molecule has 2 rings (SSSR count). The first-order valence-corrected chi connectivity index (χ1v) is 15.1. The molecule has 8 nitrogen and oxygen atoms in total. The number of nitrogens with one attached hydrogen (secondary N) is 2. The van der Waals surface area contributed by atoms with Gasteiger partial charge in [-0.1, -0.05) is 24.3 Å². The van der Waals surface area contributed by atoms with E-state index in [2.05, 4.69) is 9.44 Å². The lowest BCUT2D eigenvalue weighted by molar-refractivity contribution is -0.142. The first kappa shape index (κ1) is 36.5. The minimum absolute atomic E-state index is 0.0469. The number of benzene rings is 2. The predicted octanol–water partition coefficient (Wildman–Crippen LogP) is 5.22. The lowest BCUT2D eigenvalue weighted by atomic mass is 9.90. The number of carboxylic acid groups (broad SMARTS) is 1. The van der Waals surface area contributed by atoms with Gasteiger partial charge in [0.25, 0.3) is 0 Å². The summed E-state index contributed by atoms with van der Waals surface area (Å²) in [7, 11) is -1.59. The third-order valence-corrected chi connectivity index (χ3v) is 9.40. The molecule has 0 saturated carbocycles. The Morgan fingerprint density at radius 3 is 1.41 bits per heavy atom. The van der Waals surface area contributed by atoms with Crippen molar-refractivity contribution < 1.29 is 36.6 Å². The molecule has 0 radical (unpaired) electrons. The molecular weight excluding hydrogens is 574 g/mol.